The van der Waals surface area contributed by atoms with Gasteiger partial charge in [-0.05, 0) is 29.7 Å². The minimum atomic E-state index is -0.878. The van der Waals surface area contributed by atoms with E-state index in [9.17, 15) is 9.59 Å². The number of alkyl halides is 2. The molecule has 0 saturated carbocycles. The number of benzene rings is 1. The summed E-state index contributed by atoms with van der Waals surface area (Å²) >= 11 is 11.6. The maximum Gasteiger partial charge on any atom is 0.404 e. The van der Waals surface area contributed by atoms with Crippen molar-refractivity contribution in [2.24, 2.45) is 11.1 Å². The van der Waals surface area contributed by atoms with Crippen LogP contribution in [-0.4, -0.2) is 56.1 Å². The molecule has 3 N–H and O–H groups in total. The number of hydrogen-bond donors (Lipinski definition) is 2. The fraction of sp³-hybridized carbons (Fsp3) is 0.579. The summed E-state index contributed by atoms with van der Waals surface area (Å²) in [6, 6.07) is 6.97. The summed E-state index contributed by atoms with van der Waals surface area (Å²) in [6.45, 7) is 7.00. The molecule has 28 heavy (non-hydrogen) atoms. The minimum Gasteiger partial charge on any atom is -0.484 e. The first-order valence-electron chi connectivity index (χ1n) is 8.98. The number of hydrogen-bond acceptors (Lipinski definition) is 5. The summed E-state index contributed by atoms with van der Waals surface area (Å²) in [7, 11) is 0. The van der Waals surface area contributed by atoms with Crippen LogP contribution in [0.3, 0.4) is 0 Å². The largest absolute Gasteiger partial charge is 0.484 e. The highest BCUT2D eigenvalue weighted by molar-refractivity contribution is 6.18. The molecule has 7 nitrogen and oxygen atoms in total. The summed E-state index contributed by atoms with van der Waals surface area (Å²) in [5, 5.41) is 2.81. The molecule has 1 aromatic carbocycles. The molecule has 158 valence electrons. The second-order valence-corrected chi connectivity index (χ2v) is 8.02. The van der Waals surface area contributed by atoms with Gasteiger partial charge in [-0.3, -0.25) is 4.79 Å². The number of carbonyl (C=O) groups is 2. The molecule has 0 radical (unpaired) electrons. The fourth-order valence-electron chi connectivity index (χ4n) is 2.39. The van der Waals surface area contributed by atoms with E-state index >= 15 is 0 Å². The first-order valence-corrected chi connectivity index (χ1v) is 10.1. The highest BCUT2D eigenvalue weighted by Crippen LogP contribution is 2.21. The average Bonchev–Trinajstić information content (AvgIpc) is 2.62. The Morgan fingerprint density at radius 3 is 2.18 bits per heavy atom. The van der Waals surface area contributed by atoms with Crippen LogP contribution in [0.5, 0.6) is 5.75 Å². The lowest BCUT2D eigenvalue weighted by Gasteiger charge is -2.30. The quantitative estimate of drug-likeness (QED) is 0.523. The third-order valence-corrected chi connectivity index (χ3v) is 4.39. The molecular weight excluding hydrogens is 405 g/mol. The molecule has 1 aromatic rings. The van der Waals surface area contributed by atoms with E-state index in [1.165, 1.54) is 0 Å². The Labute approximate surface area is 176 Å². The van der Waals surface area contributed by atoms with Gasteiger partial charge >= 0.3 is 6.09 Å². The van der Waals surface area contributed by atoms with Gasteiger partial charge in [0, 0.05) is 30.5 Å². The number of rotatable bonds is 11. The van der Waals surface area contributed by atoms with Crippen molar-refractivity contribution in [3.8, 4) is 5.75 Å². The van der Waals surface area contributed by atoms with E-state index in [1.807, 2.05) is 32.9 Å². The second-order valence-electron chi connectivity index (χ2n) is 7.26. The summed E-state index contributed by atoms with van der Waals surface area (Å²) in [5.41, 5.74) is 5.67. The van der Waals surface area contributed by atoms with Crippen LogP contribution in [0.1, 0.15) is 20.8 Å². The van der Waals surface area contributed by atoms with Gasteiger partial charge in [0.05, 0.1) is 6.04 Å². The normalized spacial score (nSPS) is 12.2. The standard InChI is InChI=1S/C19H29Cl2N3O4/c1-19(2,3)16(12-28-18(22)26)23-17(25)13-27-15-6-4-14(5-7-15)24(10-8-20)11-9-21/h4-7,16H,8-13H2,1-3H3,(H2,22,26)(H,23,25). The van der Waals surface area contributed by atoms with Gasteiger partial charge < -0.3 is 25.4 Å². The third kappa shape index (κ3) is 8.89. The molecule has 0 saturated heterocycles. The molecule has 1 unspecified atom stereocenters. The number of anilines is 1. The topological polar surface area (TPSA) is 93.9 Å². The van der Waals surface area contributed by atoms with Gasteiger partial charge in [0.2, 0.25) is 0 Å². The van der Waals surface area contributed by atoms with Gasteiger partial charge in [-0.25, -0.2) is 4.79 Å². The summed E-state index contributed by atoms with van der Waals surface area (Å²) < 4.78 is 10.4. The van der Waals surface area contributed by atoms with Crippen molar-refractivity contribution >= 4 is 40.9 Å². The summed E-state index contributed by atoms with van der Waals surface area (Å²) in [6.07, 6.45) is -0.878. The Hall–Kier alpha value is -1.86. The Kier molecular flexibility index (Phi) is 10.2. The zero-order chi connectivity index (χ0) is 21.2. The number of primary amides is 1. The predicted octanol–water partition coefficient (Wildman–Crippen LogP) is 2.98. The zero-order valence-corrected chi connectivity index (χ0v) is 18.1. The number of ether oxygens (including phenoxy) is 2. The van der Waals surface area contributed by atoms with Crippen LogP contribution in [0.4, 0.5) is 10.5 Å². The van der Waals surface area contributed by atoms with Crippen molar-refractivity contribution in [1.82, 2.24) is 5.32 Å². The number of amides is 2. The van der Waals surface area contributed by atoms with Crippen LogP contribution in [0.15, 0.2) is 24.3 Å². The van der Waals surface area contributed by atoms with E-state index in [1.54, 1.807) is 12.1 Å². The number of carbonyl (C=O) groups excluding carboxylic acids is 2. The lowest BCUT2D eigenvalue weighted by Crippen LogP contribution is -2.48. The van der Waals surface area contributed by atoms with E-state index in [2.05, 4.69) is 10.2 Å². The molecule has 0 spiro atoms. The van der Waals surface area contributed by atoms with Crippen LogP contribution < -0.4 is 20.7 Å². The molecule has 1 atom stereocenters. The molecule has 0 aliphatic rings. The molecular formula is C19H29Cl2N3O4. The van der Waals surface area contributed by atoms with Crippen molar-refractivity contribution in [2.75, 3.05) is 43.0 Å². The van der Waals surface area contributed by atoms with Crippen LogP contribution in [0.25, 0.3) is 0 Å². The molecule has 2 amide bonds. The number of nitrogens with one attached hydrogen (secondary N) is 1. The number of nitrogens with two attached hydrogens (primary N) is 1. The maximum absolute atomic E-state index is 12.2. The molecule has 1 rings (SSSR count). The second kappa shape index (κ2) is 11.9. The lowest BCUT2D eigenvalue weighted by molar-refractivity contribution is -0.125. The first kappa shape index (κ1) is 24.2. The third-order valence-electron chi connectivity index (χ3n) is 4.05. The fourth-order valence-corrected chi connectivity index (χ4v) is 2.79. The monoisotopic (exact) mass is 433 g/mol. The van der Waals surface area contributed by atoms with E-state index in [4.69, 9.17) is 38.4 Å². The maximum atomic E-state index is 12.2. The molecule has 0 aliphatic heterocycles. The van der Waals surface area contributed by atoms with Crippen molar-refractivity contribution < 1.29 is 19.1 Å². The van der Waals surface area contributed by atoms with Crippen LogP contribution in [0.2, 0.25) is 0 Å². The number of halogens is 2. The zero-order valence-electron chi connectivity index (χ0n) is 16.5. The molecule has 0 bridgehead atoms. The smallest absolute Gasteiger partial charge is 0.404 e. The van der Waals surface area contributed by atoms with Crippen LogP contribution in [-0.2, 0) is 9.53 Å². The van der Waals surface area contributed by atoms with Crippen molar-refractivity contribution in [1.29, 1.82) is 0 Å². The summed E-state index contributed by atoms with van der Waals surface area (Å²) in [5.74, 6) is 1.26. The van der Waals surface area contributed by atoms with Gasteiger partial charge in [0.1, 0.15) is 12.4 Å². The Balaban J connectivity index is 2.60. The minimum absolute atomic E-state index is 0.00372. The molecule has 0 aliphatic carbocycles. The SMILES string of the molecule is CC(C)(C)C(COC(N)=O)NC(=O)COc1ccc(N(CCCl)CCCl)cc1. The van der Waals surface area contributed by atoms with Gasteiger partial charge in [-0.15, -0.1) is 23.2 Å². The Bertz CT molecular complexity index is 615. The Morgan fingerprint density at radius 1 is 1.14 bits per heavy atom. The van der Waals surface area contributed by atoms with Crippen molar-refractivity contribution in [3.05, 3.63) is 24.3 Å². The van der Waals surface area contributed by atoms with Gasteiger partial charge in [0.25, 0.3) is 5.91 Å². The Morgan fingerprint density at radius 2 is 1.71 bits per heavy atom. The van der Waals surface area contributed by atoms with Gasteiger partial charge in [0.15, 0.2) is 6.61 Å². The average molecular weight is 434 g/mol. The molecule has 0 heterocycles. The van der Waals surface area contributed by atoms with Crippen LogP contribution >= 0.6 is 23.2 Å². The first-order chi connectivity index (χ1) is 13.2. The van der Waals surface area contributed by atoms with Crippen molar-refractivity contribution in [2.45, 2.75) is 26.8 Å². The van der Waals surface area contributed by atoms with Gasteiger partial charge in [-0.2, -0.15) is 0 Å². The molecule has 0 aromatic heterocycles. The predicted molar refractivity (Wildman–Crippen MR) is 113 cm³/mol. The van der Waals surface area contributed by atoms with E-state index in [0.717, 1.165) is 5.69 Å². The highest BCUT2D eigenvalue weighted by atomic mass is 35.5. The number of nitrogens with zero attached hydrogens (tertiary/aromatic N) is 1. The summed E-state index contributed by atoms with van der Waals surface area (Å²) in [4.78, 5) is 25.1. The van der Waals surface area contributed by atoms with E-state index in [-0.39, 0.29) is 24.5 Å². The van der Waals surface area contributed by atoms with E-state index in [0.29, 0.717) is 30.6 Å². The van der Waals surface area contributed by atoms with Gasteiger partial charge in [-0.1, -0.05) is 20.8 Å². The lowest BCUT2D eigenvalue weighted by atomic mass is 9.87. The van der Waals surface area contributed by atoms with Crippen LogP contribution in [0, 0.1) is 5.41 Å². The van der Waals surface area contributed by atoms with Crippen molar-refractivity contribution in [3.63, 3.8) is 0 Å². The molecule has 9 heteroatoms. The molecule has 0 fully saturated rings. The van der Waals surface area contributed by atoms with E-state index < -0.39 is 12.1 Å². The highest BCUT2D eigenvalue weighted by Gasteiger charge is 2.27.